The Balaban J connectivity index is 1.35. The first-order chi connectivity index (χ1) is 16.2. The molecule has 0 aromatic heterocycles. The molecule has 6 rings (SSSR count). The van der Waals surface area contributed by atoms with Crippen LogP contribution in [-0.2, 0) is 19.1 Å². The van der Waals surface area contributed by atoms with Gasteiger partial charge in [0, 0.05) is 5.41 Å². The van der Waals surface area contributed by atoms with Gasteiger partial charge >= 0.3 is 5.97 Å². The lowest BCUT2D eigenvalue weighted by molar-refractivity contribution is -0.198. The first-order valence-corrected chi connectivity index (χ1v) is 13.2. The molecule has 2 heterocycles. The molecule has 1 unspecified atom stereocenters. The van der Waals surface area contributed by atoms with Gasteiger partial charge in [-0.05, 0) is 81.4 Å². The summed E-state index contributed by atoms with van der Waals surface area (Å²) in [5.41, 5.74) is -4.36. The molecule has 0 radical (unpaired) electrons. The molecule has 192 valence electrons. The molecule has 2 saturated heterocycles. The predicted octanol–water partition coefficient (Wildman–Crippen LogP) is 2.47. The molecule has 12 atom stereocenters. The first kappa shape index (κ1) is 23.8. The van der Waals surface area contributed by atoms with Gasteiger partial charge in [-0.3, -0.25) is 9.59 Å². The minimum atomic E-state index is -1.41. The largest absolute Gasteiger partial charge is 0.459 e. The molecular weight excluding hydrogens is 448 g/mol. The maximum Gasteiger partial charge on any atom is 0.309 e. The molecule has 0 bridgehead atoms. The van der Waals surface area contributed by atoms with E-state index in [4.69, 9.17) is 9.47 Å². The maximum absolute atomic E-state index is 13.3. The van der Waals surface area contributed by atoms with Crippen LogP contribution in [0, 0.1) is 34.5 Å². The zero-order valence-electron chi connectivity index (χ0n) is 21.3. The van der Waals surface area contributed by atoms with Crippen molar-refractivity contribution < 1.29 is 34.4 Å². The van der Waals surface area contributed by atoms with E-state index in [1.54, 1.807) is 13.0 Å². The topological polar surface area (TPSA) is 117 Å². The van der Waals surface area contributed by atoms with Gasteiger partial charge in [-0.2, -0.15) is 0 Å². The van der Waals surface area contributed by atoms with Crippen LogP contribution in [-0.4, -0.2) is 62.2 Å². The van der Waals surface area contributed by atoms with Gasteiger partial charge < -0.3 is 24.8 Å². The lowest BCUT2D eigenvalue weighted by atomic mass is 9.43. The monoisotopic (exact) mass is 486 g/mol. The van der Waals surface area contributed by atoms with E-state index in [0.29, 0.717) is 32.1 Å². The number of aliphatic hydroxyl groups is 3. The van der Waals surface area contributed by atoms with Gasteiger partial charge in [-0.1, -0.05) is 26.8 Å². The Morgan fingerprint density at radius 1 is 1.14 bits per heavy atom. The third kappa shape index (κ3) is 2.56. The standard InChI is InChI=1S/C28H38O7/c1-14-12-21(34-23(31)15(14)2)26(5,32)18-9-11-27(33)17-13-22-28(35-22)20(30)7-6-19(29)25(28,4)16(17)8-10-24(18,27)3/h6-7,9,14-17,20-22,30,32-33H,8,10-13H2,1-5H3/t14-,15?,16-,17+,20-,21+,22+,24+,25-,26+,27+,28+/m0/s1. The Labute approximate surface area is 206 Å². The van der Waals surface area contributed by atoms with E-state index in [0.717, 1.165) is 5.57 Å². The van der Waals surface area contributed by atoms with Crippen molar-refractivity contribution in [2.45, 2.75) is 102 Å². The Morgan fingerprint density at radius 3 is 2.54 bits per heavy atom. The fraction of sp³-hybridized carbons (Fsp3) is 0.786. The molecule has 7 nitrogen and oxygen atoms in total. The van der Waals surface area contributed by atoms with Crippen LogP contribution in [0.15, 0.2) is 23.8 Å². The molecule has 3 N–H and O–H groups in total. The number of allylic oxidation sites excluding steroid dienone is 1. The summed E-state index contributed by atoms with van der Waals surface area (Å²) in [4.78, 5) is 25.8. The van der Waals surface area contributed by atoms with Gasteiger partial charge in [-0.15, -0.1) is 0 Å². The van der Waals surface area contributed by atoms with Gasteiger partial charge in [0.2, 0.25) is 0 Å². The van der Waals surface area contributed by atoms with Gasteiger partial charge in [0.15, 0.2) is 5.78 Å². The highest BCUT2D eigenvalue weighted by molar-refractivity contribution is 5.98. The third-order valence-corrected chi connectivity index (χ3v) is 11.6. The summed E-state index contributed by atoms with van der Waals surface area (Å²) < 4.78 is 11.9. The summed E-state index contributed by atoms with van der Waals surface area (Å²) in [6.45, 7) is 9.51. The zero-order chi connectivity index (χ0) is 25.3. The average Bonchev–Trinajstić information content (AvgIpc) is 3.46. The Kier molecular flexibility index (Phi) is 4.67. The summed E-state index contributed by atoms with van der Waals surface area (Å²) in [7, 11) is 0. The van der Waals surface area contributed by atoms with Crippen molar-refractivity contribution in [3.63, 3.8) is 0 Å². The molecule has 4 aliphatic carbocycles. The average molecular weight is 487 g/mol. The van der Waals surface area contributed by atoms with E-state index in [1.165, 1.54) is 6.08 Å². The minimum Gasteiger partial charge on any atom is -0.459 e. The quantitative estimate of drug-likeness (QED) is 0.312. The predicted molar refractivity (Wildman–Crippen MR) is 126 cm³/mol. The number of esters is 1. The summed E-state index contributed by atoms with van der Waals surface area (Å²) >= 11 is 0. The molecule has 7 heteroatoms. The van der Waals surface area contributed by atoms with Crippen molar-refractivity contribution in [2.75, 3.05) is 0 Å². The highest BCUT2D eigenvalue weighted by Gasteiger charge is 2.82. The number of ketones is 1. The number of ether oxygens (including phenoxy) is 2. The molecule has 6 aliphatic rings. The number of epoxide rings is 1. The first-order valence-electron chi connectivity index (χ1n) is 13.2. The van der Waals surface area contributed by atoms with Gasteiger partial charge in [0.25, 0.3) is 0 Å². The second-order valence-electron chi connectivity index (χ2n) is 12.9. The number of aliphatic hydroxyl groups excluding tert-OH is 1. The molecule has 35 heavy (non-hydrogen) atoms. The molecular formula is C28H38O7. The van der Waals surface area contributed by atoms with Crippen LogP contribution < -0.4 is 0 Å². The van der Waals surface area contributed by atoms with Crippen LogP contribution in [0.25, 0.3) is 0 Å². The van der Waals surface area contributed by atoms with Gasteiger partial charge in [0.05, 0.1) is 23.0 Å². The van der Waals surface area contributed by atoms with E-state index >= 15 is 0 Å². The Bertz CT molecular complexity index is 1060. The lowest BCUT2D eigenvalue weighted by Crippen LogP contribution is -2.68. The smallest absolute Gasteiger partial charge is 0.309 e. The molecule has 0 aromatic carbocycles. The Hall–Kier alpha value is -1.54. The van der Waals surface area contributed by atoms with Crippen molar-refractivity contribution in [1.29, 1.82) is 0 Å². The Morgan fingerprint density at radius 2 is 1.86 bits per heavy atom. The van der Waals surface area contributed by atoms with Crippen LogP contribution in [0.2, 0.25) is 0 Å². The summed E-state index contributed by atoms with van der Waals surface area (Å²) in [5, 5.41) is 35.1. The molecule has 0 aromatic rings. The number of rotatable bonds is 2. The van der Waals surface area contributed by atoms with Gasteiger partial charge in [-0.25, -0.2) is 0 Å². The normalized spacial score (nSPS) is 56.1. The van der Waals surface area contributed by atoms with E-state index in [9.17, 15) is 24.9 Å². The molecule has 1 spiro atoms. The second kappa shape index (κ2) is 6.85. The van der Waals surface area contributed by atoms with E-state index < -0.39 is 39.8 Å². The van der Waals surface area contributed by atoms with Crippen LogP contribution in [0.5, 0.6) is 0 Å². The van der Waals surface area contributed by atoms with Gasteiger partial charge in [0.1, 0.15) is 23.4 Å². The number of carbonyl (C=O) groups is 2. The second-order valence-corrected chi connectivity index (χ2v) is 12.9. The van der Waals surface area contributed by atoms with Crippen LogP contribution in [0.3, 0.4) is 0 Å². The van der Waals surface area contributed by atoms with Crippen molar-refractivity contribution in [1.82, 2.24) is 0 Å². The molecule has 0 amide bonds. The lowest BCUT2D eigenvalue weighted by Gasteiger charge is -2.61. The fourth-order valence-electron chi connectivity index (χ4n) is 9.07. The highest BCUT2D eigenvalue weighted by atomic mass is 16.6. The summed E-state index contributed by atoms with van der Waals surface area (Å²) in [6.07, 6.45) is 5.96. The SMILES string of the molecule is CC1C(=O)O[C@@H]([C@](C)(O)C2=CC[C@@]3(O)[C@@H]4C[C@H]5O[C@]56[C@@H](O)C=CC(=O)[C@]6(C)[C@H]4CC[C@]23C)C[C@@H]1C. The van der Waals surface area contributed by atoms with E-state index in [-0.39, 0.29) is 41.5 Å². The number of hydrogen-bond donors (Lipinski definition) is 3. The summed E-state index contributed by atoms with van der Waals surface area (Å²) in [6, 6.07) is 0. The van der Waals surface area contributed by atoms with Crippen LogP contribution >= 0.6 is 0 Å². The van der Waals surface area contributed by atoms with E-state index in [2.05, 4.69) is 0 Å². The van der Waals surface area contributed by atoms with Crippen molar-refractivity contribution in [3.8, 4) is 0 Å². The van der Waals surface area contributed by atoms with Crippen molar-refractivity contribution in [3.05, 3.63) is 23.8 Å². The van der Waals surface area contributed by atoms with E-state index in [1.807, 2.05) is 33.8 Å². The molecule has 4 fully saturated rings. The number of hydrogen-bond acceptors (Lipinski definition) is 7. The zero-order valence-corrected chi connectivity index (χ0v) is 21.3. The molecule has 2 saturated carbocycles. The molecule has 2 aliphatic heterocycles. The van der Waals surface area contributed by atoms with Crippen molar-refractivity contribution in [2.24, 2.45) is 34.5 Å². The van der Waals surface area contributed by atoms with Crippen LogP contribution in [0.4, 0.5) is 0 Å². The number of carbonyl (C=O) groups excluding carboxylic acids is 2. The van der Waals surface area contributed by atoms with Crippen LogP contribution in [0.1, 0.15) is 66.7 Å². The number of fused-ring (bicyclic) bond motifs is 4. The summed E-state index contributed by atoms with van der Waals surface area (Å²) in [5.74, 6) is -0.803. The van der Waals surface area contributed by atoms with Crippen molar-refractivity contribution >= 4 is 11.8 Å². The third-order valence-electron chi connectivity index (χ3n) is 11.6. The minimum absolute atomic E-state index is 0.0393. The number of cyclic esters (lactones) is 1. The maximum atomic E-state index is 13.3. The highest BCUT2D eigenvalue weighted by Crippen LogP contribution is 2.73. The fourth-order valence-corrected chi connectivity index (χ4v) is 9.07.